The fourth-order valence-electron chi connectivity index (χ4n) is 2.50. The number of carbonyl (C=O) groups excluding carboxylic acids is 2. The number of esters is 1. The average Bonchev–Trinajstić information content (AvgIpc) is 2.74. The largest absolute Gasteiger partial charge is 0.481 e. The van der Waals surface area contributed by atoms with Crippen LogP contribution in [0.2, 0.25) is 15.1 Å². The molecule has 0 aliphatic rings. The number of ether oxygens (including phenoxy) is 2. The van der Waals surface area contributed by atoms with Crippen molar-refractivity contribution < 1.29 is 19.1 Å². The molecule has 3 rings (SSSR count). The third-order valence-corrected chi connectivity index (χ3v) is 4.89. The van der Waals surface area contributed by atoms with Crippen LogP contribution >= 0.6 is 34.8 Å². The number of hydrazone groups is 1. The maximum atomic E-state index is 12.2. The number of halogens is 3. The van der Waals surface area contributed by atoms with Crippen molar-refractivity contribution in [1.29, 1.82) is 0 Å². The minimum Gasteiger partial charge on any atom is -0.481 e. The number of nitrogens with one attached hydrogen (secondary N) is 1. The lowest BCUT2D eigenvalue weighted by atomic mass is 10.2. The first-order valence-electron chi connectivity index (χ1n) is 9.34. The van der Waals surface area contributed by atoms with Crippen molar-refractivity contribution in [3.63, 3.8) is 0 Å². The quantitative estimate of drug-likeness (QED) is 0.197. The van der Waals surface area contributed by atoms with Gasteiger partial charge in [0.1, 0.15) is 11.5 Å². The minimum atomic E-state index is -0.771. The van der Waals surface area contributed by atoms with Crippen molar-refractivity contribution >= 4 is 52.9 Å². The number of hydrogen-bond acceptors (Lipinski definition) is 5. The zero-order valence-electron chi connectivity index (χ0n) is 16.7. The molecule has 6 nitrogen and oxygen atoms in total. The summed E-state index contributed by atoms with van der Waals surface area (Å²) in [5, 5.41) is 5.05. The summed E-state index contributed by atoms with van der Waals surface area (Å²) in [7, 11) is 0. The van der Waals surface area contributed by atoms with Crippen molar-refractivity contribution in [3.05, 3.63) is 92.9 Å². The van der Waals surface area contributed by atoms with Gasteiger partial charge >= 0.3 is 5.97 Å². The average molecular weight is 492 g/mol. The normalized spacial score (nSPS) is 11.8. The van der Waals surface area contributed by atoms with Gasteiger partial charge in [0, 0.05) is 10.0 Å². The van der Waals surface area contributed by atoms with Crippen molar-refractivity contribution in [3.8, 4) is 11.5 Å². The van der Waals surface area contributed by atoms with Crippen LogP contribution in [0.3, 0.4) is 0 Å². The fraction of sp³-hybridized carbons (Fsp3) is 0.0870. The molecule has 164 valence electrons. The molecule has 0 fully saturated rings. The van der Waals surface area contributed by atoms with E-state index in [2.05, 4.69) is 10.5 Å². The lowest BCUT2D eigenvalue weighted by Gasteiger charge is -2.12. The number of nitrogens with zero attached hydrogens (tertiary/aromatic N) is 1. The third-order valence-electron chi connectivity index (χ3n) is 4.11. The molecule has 0 bridgehead atoms. The van der Waals surface area contributed by atoms with E-state index in [1.54, 1.807) is 61.5 Å². The molecule has 0 heterocycles. The van der Waals surface area contributed by atoms with Gasteiger partial charge in [0.25, 0.3) is 5.91 Å². The molecule has 0 aromatic heterocycles. The van der Waals surface area contributed by atoms with Crippen LogP contribution in [0.4, 0.5) is 0 Å². The number of hydrogen-bond donors (Lipinski definition) is 1. The van der Waals surface area contributed by atoms with Gasteiger partial charge in [0.2, 0.25) is 0 Å². The standard InChI is InChI=1S/C23H17Cl3N2O4/c1-14(31-19-4-2-3-16(24)11-19)22(29)28-27-13-15-5-8-18(9-6-15)32-23(30)20-10-7-17(25)12-21(20)26/h2-14H,1H3,(H,28,29)/b27-13-/t14-/m1/s1. The number of carbonyl (C=O) groups is 2. The number of rotatable bonds is 7. The Kier molecular flexibility index (Phi) is 8.11. The highest BCUT2D eigenvalue weighted by atomic mass is 35.5. The topological polar surface area (TPSA) is 77.0 Å². The molecular weight excluding hydrogens is 475 g/mol. The summed E-state index contributed by atoms with van der Waals surface area (Å²) < 4.78 is 10.8. The van der Waals surface area contributed by atoms with Gasteiger partial charge in [0.15, 0.2) is 6.10 Å². The second kappa shape index (κ2) is 11.0. The van der Waals surface area contributed by atoms with Crippen LogP contribution in [-0.4, -0.2) is 24.2 Å². The van der Waals surface area contributed by atoms with Crippen LogP contribution in [0.25, 0.3) is 0 Å². The Bertz CT molecular complexity index is 1150. The minimum absolute atomic E-state index is 0.204. The van der Waals surface area contributed by atoms with E-state index in [4.69, 9.17) is 44.3 Å². The van der Waals surface area contributed by atoms with Gasteiger partial charge in [-0.25, -0.2) is 10.2 Å². The maximum absolute atomic E-state index is 12.2. The molecular formula is C23H17Cl3N2O4. The monoisotopic (exact) mass is 490 g/mol. The second-order valence-corrected chi connectivity index (χ2v) is 7.81. The lowest BCUT2D eigenvalue weighted by molar-refractivity contribution is -0.127. The van der Waals surface area contributed by atoms with Gasteiger partial charge in [-0.1, -0.05) is 40.9 Å². The smallest absolute Gasteiger partial charge is 0.345 e. The van der Waals surface area contributed by atoms with Crippen molar-refractivity contribution in [2.45, 2.75) is 13.0 Å². The SMILES string of the molecule is C[C@@H](Oc1cccc(Cl)c1)C(=O)N/N=C\c1ccc(OC(=O)c2ccc(Cl)cc2Cl)cc1. The molecule has 0 radical (unpaired) electrons. The van der Waals surface area contributed by atoms with E-state index >= 15 is 0 Å². The fourth-order valence-corrected chi connectivity index (χ4v) is 3.16. The van der Waals surface area contributed by atoms with E-state index < -0.39 is 18.0 Å². The molecule has 1 N–H and O–H groups in total. The first-order valence-corrected chi connectivity index (χ1v) is 10.5. The summed E-state index contributed by atoms with van der Waals surface area (Å²) in [6.45, 7) is 1.60. The van der Waals surface area contributed by atoms with Crippen LogP contribution in [0, 0.1) is 0 Å². The highest BCUT2D eigenvalue weighted by Crippen LogP contribution is 2.23. The van der Waals surface area contributed by atoms with Gasteiger partial charge in [-0.15, -0.1) is 0 Å². The zero-order valence-corrected chi connectivity index (χ0v) is 19.0. The Labute approximate surface area is 199 Å². The van der Waals surface area contributed by atoms with Gasteiger partial charge in [-0.3, -0.25) is 4.79 Å². The third kappa shape index (κ3) is 6.72. The summed E-state index contributed by atoms with van der Waals surface area (Å²) in [6, 6.07) is 17.8. The van der Waals surface area contributed by atoms with Gasteiger partial charge in [-0.2, -0.15) is 5.10 Å². The Morgan fingerprint density at radius 3 is 2.34 bits per heavy atom. The van der Waals surface area contributed by atoms with Crippen molar-refractivity contribution in [2.24, 2.45) is 5.10 Å². The molecule has 0 spiro atoms. The van der Waals surface area contributed by atoms with Crippen LogP contribution < -0.4 is 14.9 Å². The molecule has 0 aliphatic carbocycles. The van der Waals surface area contributed by atoms with Crippen LogP contribution in [0.1, 0.15) is 22.8 Å². The summed E-state index contributed by atoms with van der Waals surface area (Å²) in [5.41, 5.74) is 3.29. The van der Waals surface area contributed by atoms with Gasteiger partial charge in [-0.05, 0) is 73.2 Å². The maximum Gasteiger partial charge on any atom is 0.345 e. The Hall–Kier alpha value is -3.06. The summed E-state index contributed by atoms with van der Waals surface area (Å²) >= 11 is 17.8. The first kappa shape index (κ1) is 23.6. The predicted molar refractivity (Wildman–Crippen MR) is 125 cm³/mol. The van der Waals surface area contributed by atoms with E-state index in [0.717, 1.165) is 0 Å². The molecule has 1 atom stereocenters. The molecule has 3 aromatic rings. The van der Waals surface area contributed by atoms with E-state index in [-0.39, 0.29) is 10.6 Å². The Morgan fingerprint density at radius 2 is 1.66 bits per heavy atom. The molecule has 0 saturated heterocycles. The molecule has 1 amide bonds. The van der Waals surface area contributed by atoms with Gasteiger partial charge in [0.05, 0.1) is 16.8 Å². The Balaban J connectivity index is 1.52. The molecule has 3 aromatic carbocycles. The van der Waals surface area contributed by atoms with Crippen molar-refractivity contribution in [2.75, 3.05) is 0 Å². The van der Waals surface area contributed by atoms with Crippen molar-refractivity contribution in [1.82, 2.24) is 5.43 Å². The molecule has 9 heteroatoms. The number of benzene rings is 3. The lowest BCUT2D eigenvalue weighted by Crippen LogP contribution is -2.33. The molecule has 32 heavy (non-hydrogen) atoms. The first-order chi connectivity index (χ1) is 15.3. The van der Waals surface area contributed by atoms with E-state index in [9.17, 15) is 9.59 Å². The van der Waals surface area contributed by atoms with E-state index in [0.29, 0.717) is 27.1 Å². The second-order valence-electron chi connectivity index (χ2n) is 6.53. The highest BCUT2D eigenvalue weighted by Gasteiger charge is 2.14. The van der Waals surface area contributed by atoms with E-state index in [1.165, 1.54) is 18.3 Å². The zero-order chi connectivity index (χ0) is 23.1. The highest BCUT2D eigenvalue weighted by molar-refractivity contribution is 6.36. The molecule has 0 aliphatic heterocycles. The molecule has 0 saturated carbocycles. The van der Waals surface area contributed by atoms with E-state index in [1.807, 2.05) is 0 Å². The summed E-state index contributed by atoms with van der Waals surface area (Å²) in [6.07, 6.45) is 0.679. The summed E-state index contributed by atoms with van der Waals surface area (Å²) in [4.78, 5) is 24.4. The Morgan fingerprint density at radius 1 is 0.938 bits per heavy atom. The van der Waals surface area contributed by atoms with Crippen LogP contribution in [0.5, 0.6) is 11.5 Å². The summed E-state index contributed by atoms with van der Waals surface area (Å²) in [5.74, 6) is -0.222. The molecule has 0 unspecified atom stereocenters. The predicted octanol–water partition coefficient (Wildman–Crippen LogP) is 5.78. The number of amides is 1. The van der Waals surface area contributed by atoms with Gasteiger partial charge < -0.3 is 9.47 Å². The van der Waals surface area contributed by atoms with Crippen LogP contribution in [0.15, 0.2) is 71.8 Å². The van der Waals surface area contributed by atoms with Crippen LogP contribution in [-0.2, 0) is 4.79 Å².